The highest BCUT2D eigenvalue weighted by atomic mass is 15.2. The minimum atomic E-state index is -0.175. The molecule has 0 amide bonds. The van der Waals surface area contributed by atoms with Crippen LogP contribution in [0.5, 0.6) is 0 Å². The average Bonchev–Trinajstić information content (AvgIpc) is 3.91. The number of aromatic nitrogens is 2. The van der Waals surface area contributed by atoms with Gasteiger partial charge < -0.3 is 14.0 Å². The summed E-state index contributed by atoms with van der Waals surface area (Å²) >= 11 is 0. The summed E-state index contributed by atoms with van der Waals surface area (Å²) in [4.78, 5) is 2.69. The highest BCUT2D eigenvalue weighted by Crippen LogP contribution is 2.53. The van der Waals surface area contributed by atoms with Gasteiger partial charge in [-0.05, 0) is 162 Å². The van der Waals surface area contributed by atoms with Gasteiger partial charge in [-0.2, -0.15) is 0 Å². The Balaban J connectivity index is 1.24. The van der Waals surface area contributed by atoms with Crippen LogP contribution in [-0.2, 0) is 27.1 Å². The standard InChI is InChI=1S/C69H70BN3/c1-39-20-19-21-40(2)63(39)72-55-30-25-41(65(3,4)5)32-47(55)48-36-54-59(38-57(48)72)71(44-27-28-46-45-22-17-18-23-50(45)69(15,16)51(46)35-44)60-37-52(68(12,13)14)61-49-33-42(66(6,7)8)26-31-56(49)73-58-34-43(67(9,10)11)24-29-53(58)70(54)62(60)64(61)73/h17-38H,1-16H3. The van der Waals surface area contributed by atoms with Gasteiger partial charge in [-0.15, -0.1) is 0 Å². The maximum absolute atomic E-state index is 2.69. The smallest absolute Gasteiger partial charge is 0.252 e. The zero-order valence-electron chi connectivity index (χ0n) is 46.1. The summed E-state index contributed by atoms with van der Waals surface area (Å²) < 4.78 is 5.29. The molecule has 364 valence electrons. The van der Waals surface area contributed by atoms with Crippen molar-refractivity contribution in [3.05, 3.63) is 178 Å². The number of rotatable bonds is 2. The molecule has 0 radical (unpaired) electrons. The number of aryl methyl sites for hydroxylation is 2. The van der Waals surface area contributed by atoms with Crippen molar-refractivity contribution in [2.24, 2.45) is 0 Å². The molecule has 4 heterocycles. The number of benzene rings is 8. The predicted molar refractivity (Wildman–Crippen MR) is 316 cm³/mol. The van der Waals surface area contributed by atoms with Crippen LogP contribution in [0.2, 0.25) is 0 Å². The maximum atomic E-state index is 2.69. The lowest BCUT2D eigenvalue weighted by molar-refractivity contribution is 0.590. The fourth-order valence-corrected chi connectivity index (χ4v) is 13.5. The molecule has 0 atom stereocenters. The van der Waals surface area contributed by atoms with Gasteiger partial charge in [0.05, 0.1) is 27.8 Å². The van der Waals surface area contributed by atoms with E-state index in [9.17, 15) is 0 Å². The normalized spacial score (nSPS) is 14.9. The highest BCUT2D eigenvalue weighted by Gasteiger charge is 2.45. The summed E-state index contributed by atoms with van der Waals surface area (Å²) in [6.45, 7) is 37.8. The Morgan fingerprint density at radius 3 is 1.68 bits per heavy atom. The van der Waals surface area contributed by atoms with Crippen LogP contribution in [0, 0.1) is 13.8 Å². The van der Waals surface area contributed by atoms with Gasteiger partial charge in [0.2, 0.25) is 0 Å². The fraction of sp³-hybridized carbons (Fsp3) is 0.304. The first-order valence-corrected chi connectivity index (χ1v) is 26.9. The van der Waals surface area contributed by atoms with E-state index in [1.165, 1.54) is 144 Å². The third-order valence-electron chi connectivity index (χ3n) is 17.5. The van der Waals surface area contributed by atoms with Crippen LogP contribution in [-0.4, -0.2) is 15.8 Å². The van der Waals surface area contributed by atoms with Crippen LogP contribution in [0.25, 0.3) is 66.1 Å². The average molecular weight is 952 g/mol. The van der Waals surface area contributed by atoms with Crippen LogP contribution >= 0.6 is 0 Å². The Kier molecular flexibility index (Phi) is 9.28. The topological polar surface area (TPSA) is 13.1 Å². The summed E-state index contributed by atoms with van der Waals surface area (Å²) in [5.74, 6) is 0. The lowest BCUT2D eigenvalue weighted by Gasteiger charge is -2.41. The zero-order valence-corrected chi connectivity index (χ0v) is 46.1. The molecular formula is C69H70BN3. The quantitative estimate of drug-likeness (QED) is 0.157. The van der Waals surface area contributed by atoms with Gasteiger partial charge in [-0.25, -0.2) is 0 Å². The Hall–Kier alpha value is -6.78. The molecule has 3 nitrogen and oxygen atoms in total. The molecule has 0 bridgehead atoms. The lowest BCUT2D eigenvalue weighted by atomic mass is 9.33. The Labute approximate surface area is 434 Å². The summed E-state index contributed by atoms with van der Waals surface area (Å²) in [7, 11) is 0. The molecule has 8 aromatic carbocycles. The van der Waals surface area contributed by atoms with E-state index in [0.717, 1.165) is 0 Å². The lowest BCUT2D eigenvalue weighted by Crippen LogP contribution is -2.60. The fourth-order valence-electron chi connectivity index (χ4n) is 13.5. The van der Waals surface area contributed by atoms with Gasteiger partial charge in [0.15, 0.2) is 0 Å². The molecule has 4 heteroatoms. The van der Waals surface area contributed by atoms with Crippen molar-refractivity contribution >= 4 is 83.8 Å². The minimum absolute atomic E-state index is 0.0102. The van der Waals surface area contributed by atoms with Crippen LogP contribution in [0.4, 0.5) is 17.1 Å². The minimum Gasteiger partial charge on any atom is -0.311 e. The second-order valence-electron chi connectivity index (χ2n) is 26.8. The summed E-state index contributed by atoms with van der Waals surface area (Å²) in [6.07, 6.45) is 0. The van der Waals surface area contributed by atoms with Crippen LogP contribution in [0.15, 0.2) is 133 Å². The maximum Gasteiger partial charge on any atom is 0.252 e. The first kappa shape index (κ1) is 46.0. The monoisotopic (exact) mass is 952 g/mol. The van der Waals surface area contributed by atoms with Gasteiger partial charge in [0, 0.05) is 49.7 Å². The van der Waals surface area contributed by atoms with E-state index in [2.05, 4.69) is 258 Å². The molecule has 1 aliphatic carbocycles. The van der Waals surface area contributed by atoms with Crippen molar-refractivity contribution in [3.8, 4) is 22.5 Å². The second kappa shape index (κ2) is 14.7. The Bertz CT molecular complexity index is 4040. The molecule has 0 fully saturated rings. The van der Waals surface area contributed by atoms with Gasteiger partial charge >= 0.3 is 0 Å². The Morgan fingerprint density at radius 1 is 0.438 bits per heavy atom. The number of para-hydroxylation sites is 1. The first-order chi connectivity index (χ1) is 34.3. The molecule has 0 N–H and O–H groups in total. The predicted octanol–water partition coefficient (Wildman–Crippen LogP) is 16.6. The molecule has 0 saturated carbocycles. The van der Waals surface area contributed by atoms with E-state index in [1.54, 1.807) is 0 Å². The van der Waals surface area contributed by atoms with Crippen molar-refractivity contribution in [3.63, 3.8) is 0 Å². The summed E-state index contributed by atoms with van der Waals surface area (Å²) in [5, 5.41) is 5.34. The van der Waals surface area contributed by atoms with Crippen LogP contribution in [0.1, 0.15) is 141 Å². The van der Waals surface area contributed by atoms with Crippen molar-refractivity contribution < 1.29 is 0 Å². The second-order valence-corrected chi connectivity index (χ2v) is 26.8. The molecule has 0 saturated heterocycles. The van der Waals surface area contributed by atoms with Crippen LogP contribution < -0.4 is 21.3 Å². The third kappa shape index (κ3) is 6.38. The number of anilines is 3. The van der Waals surface area contributed by atoms with Gasteiger partial charge in [0.25, 0.3) is 6.71 Å². The van der Waals surface area contributed by atoms with Crippen molar-refractivity contribution in [2.45, 2.75) is 138 Å². The third-order valence-corrected chi connectivity index (χ3v) is 17.5. The molecule has 73 heavy (non-hydrogen) atoms. The van der Waals surface area contributed by atoms with Crippen LogP contribution in [0.3, 0.4) is 0 Å². The number of hydrogen-bond donors (Lipinski definition) is 0. The number of nitrogens with zero attached hydrogens (tertiary/aromatic N) is 3. The van der Waals surface area contributed by atoms with Gasteiger partial charge in [0.1, 0.15) is 0 Å². The summed E-state index contributed by atoms with van der Waals surface area (Å²) in [5.41, 5.74) is 28.6. The molecule has 0 unspecified atom stereocenters. The number of hydrogen-bond acceptors (Lipinski definition) is 1. The van der Waals surface area contributed by atoms with E-state index in [-0.39, 0.29) is 33.8 Å². The SMILES string of the molecule is Cc1cccc(C)c1-n1c2ccc(C(C)(C)C)cc2c2cc3c(cc21)N(c1ccc2c(c1)C(C)(C)c1ccccc1-2)c1cc(C(C)(C)C)c2c4cc(C(C)(C)C)ccc4n4c2c1B3c1ccc(C(C)(C)C)cc1-4. The molecule has 2 aromatic heterocycles. The Morgan fingerprint density at radius 2 is 1.03 bits per heavy atom. The van der Waals surface area contributed by atoms with E-state index in [1.807, 2.05) is 0 Å². The largest absolute Gasteiger partial charge is 0.311 e. The van der Waals surface area contributed by atoms with E-state index in [4.69, 9.17) is 0 Å². The molecule has 2 aliphatic heterocycles. The van der Waals surface area contributed by atoms with E-state index in [0.29, 0.717) is 0 Å². The van der Waals surface area contributed by atoms with Gasteiger partial charge in [-0.1, -0.05) is 176 Å². The molecule has 0 spiro atoms. The zero-order chi connectivity index (χ0) is 51.4. The number of fused-ring (bicyclic) bond motifs is 14. The first-order valence-electron chi connectivity index (χ1n) is 26.9. The highest BCUT2D eigenvalue weighted by molar-refractivity contribution is 7.00. The van der Waals surface area contributed by atoms with Gasteiger partial charge in [-0.3, -0.25) is 0 Å². The molecular weight excluding hydrogens is 882 g/mol. The van der Waals surface area contributed by atoms with E-state index < -0.39 is 0 Å². The molecule has 13 rings (SSSR count). The van der Waals surface area contributed by atoms with Crippen molar-refractivity contribution in [1.29, 1.82) is 0 Å². The summed E-state index contributed by atoms with van der Waals surface area (Å²) in [6, 6.07) is 53.2. The van der Waals surface area contributed by atoms with E-state index >= 15 is 0 Å². The molecule has 10 aromatic rings. The van der Waals surface area contributed by atoms with Crippen molar-refractivity contribution in [1.82, 2.24) is 9.13 Å². The molecule has 3 aliphatic rings. The van der Waals surface area contributed by atoms with Crippen molar-refractivity contribution in [2.75, 3.05) is 4.90 Å².